The van der Waals surface area contributed by atoms with E-state index in [0.717, 1.165) is 5.56 Å². The first-order valence-electron chi connectivity index (χ1n) is 6.88. The van der Waals surface area contributed by atoms with Gasteiger partial charge in [0.25, 0.3) is 0 Å². The Labute approximate surface area is 121 Å². The summed E-state index contributed by atoms with van der Waals surface area (Å²) in [4.78, 5) is 23.5. The summed E-state index contributed by atoms with van der Waals surface area (Å²) in [6.45, 7) is 0.205. The minimum Gasteiger partial charge on any atom is -0.468 e. The van der Waals surface area contributed by atoms with Crippen LogP contribution >= 0.6 is 0 Å². The second-order valence-corrected chi connectivity index (χ2v) is 5.48. The summed E-state index contributed by atoms with van der Waals surface area (Å²) in [7, 11) is 1.21. The topological polar surface area (TPSA) is 75.6 Å². The SMILES string of the molecule is COC(=O)[C@H]1C(=O)NC[C@@H]1c1cc2c(cc1F)C(O)CC2. The van der Waals surface area contributed by atoms with Crippen LogP contribution in [0.25, 0.3) is 0 Å². The lowest BCUT2D eigenvalue weighted by molar-refractivity contribution is -0.149. The number of aliphatic hydroxyl groups excluding tert-OH is 1. The van der Waals surface area contributed by atoms with Crippen molar-refractivity contribution in [3.8, 4) is 0 Å². The average Bonchev–Trinajstić information content (AvgIpc) is 3.01. The van der Waals surface area contributed by atoms with E-state index in [2.05, 4.69) is 10.1 Å². The molecule has 0 spiro atoms. The molecule has 2 aliphatic rings. The third-order valence-electron chi connectivity index (χ3n) is 4.34. The van der Waals surface area contributed by atoms with E-state index in [-0.39, 0.29) is 6.54 Å². The molecule has 1 aliphatic heterocycles. The molecule has 3 atom stereocenters. The molecule has 0 saturated carbocycles. The lowest BCUT2D eigenvalue weighted by Gasteiger charge is -2.17. The Morgan fingerprint density at radius 3 is 2.90 bits per heavy atom. The first kappa shape index (κ1) is 14.0. The first-order chi connectivity index (χ1) is 10.0. The maximum Gasteiger partial charge on any atom is 0.318 e. The summed E-state index contributed by atoms with van der Waals surface area (Å²) < 4.78 is 19.0. The second kappa shape index (κ2) is 5.11. The molecule has 0 radical (unpaired) electrons. The molecule has 6 heteroatoms. The number of methoxy groups -OCH3 is 1. The van der Waals surface area contributed by atoms with Gasteiger partial charge in [-0.1, -0.05) is 6.07 Å². The fraction of sp³-hybridized carbons (Fsp3) is 0.467. The van der Waals surface area contributed by atoms with Crippen molar-refractivity contribution in [1.29, 1.82) is 0 Å². The van der Waals surface area contributed by atoms with Crippen LogP contribution in [0.15, 0.2) is 12.1 Å². The van der Waals surface area contributed by atoms with E-state index < -0.39 is 35.6 Å². The molecule has 1 heterocycles. The van der Waals surface area contributed by atoms with E-state index in [1.165, 1.54) is 13.2 Å². The van der Waals surface area contributed by atoms with Gasteiger partial charge in [0.1, 0.15) is 11.7 Å². The molecule has 1 saturated heterocycles. The number of ether oxygens (including phenoxy) is 1. The van der Waals surface area contributed by atoms with E-state index in [1.807, 2.05) is 0 Å². The summed E-state index contributed by atoms with van der Waals surface area (Å²) >= 11 is 0. The predicted octanol–water partition coefficient (Wildman–Crippen LogP) is 0.808. The molecule has 1 aromatic rings. The van der Waals surface area contributed by atoms with Crippen molar-refractivity contribution in [2.45, 2.75) is 24.9 Å². The van der Waals surface area contributed by atoms with Crippen LogP contribution in [0.2, 0.25) is 0 Å². The van der Waals surface area contributed by atoms with Gasteiger partial charge in [0.2, 0.25) is 5.91 Å². The van der Waals surface area contributed by atoms with Crippen LogP contribution in [0.3, 0.4) is 0 Å². The van der Waals surface area contributed by atoms with Gasteiger partial charge in [0.05, 0.1) is 13.2 Å². The summed E-state index contributed by atoms with van der Waals surface area (Å²) in [6.07, 6.45) is 0.602. The number of halogens is 1. The van der Waals surface area contributed by atoms with Crippen molar-refractivity contribution in [2.75, 3.05) is 13.7 Å². The van der Waals surface area contributed by atoms with E-state index in [1.54, 1.807) is 6.07 Å². The molecule has 2 N–H and O–H groups in total. The van der Waals surface area contributed by atoms with E-state index in [0.29, 0.717) is 24.0 Å². The van der Waals surface area contributed by atoms with Crippen molar-refractivity contribution >= 4 is 11.9 Å². The Balaban J connectivity index is 2.00. The molecule has 1 unspecified atom stereocenters. The van der Waals surface area contributed by atoms with Crippen LogP contribution in [-0.2, 0) is 20.7 Å². The number of nitrogens with one attached hydrogen (secondary N) is 1. The summed E-state index contributed by atoms with van der Waals surface area (Å²) in [5, 5.41) is 12.4. The highest BCUT2D eigenvalue weighted by atomic mass is 19.1. The quantitative estimate of drug-likeness (QED) is 0.625. The molecule has 5 nitrogen and oxygen atoms in total. The van der Waals surface area contributed by atoms with Crippen LogP contribution in [0.5, 0.6) is 0 Å². The van der Waals surface area contributed by atoms with Gasteiger partial charge in [0, 0.05) is 12.5 Å². The van der Waals surface area contributed by atoms with Crippen LogP contribution in [0.4, 0.5) is 4.39 Å². The summed E-state index contributed by atoms with van der Waals surface area (Å²) in [6, 6.07) is 2.99. The second-order valence-electron chi connectivity index (χ2n) is 5.48. The zero-order valence-electron chi connectivity index (χ0n) is 11.6. The molecule has 3 rings (SSSR count). The lowest BCUT2D eigenvalue weighted by atomic mass is 9.86. The fourth-order valence-corrected chi connectivity index (χ4v) is 3.22. The largest absolute Gasteiger partial charge is 0.468 e. The lowest BCUT2D eigenvalue weighted by Crippen LogP contribution is -2.28. The molecule has 21 heavy (non-hydrogen) atoms. The smallest absolute Gasteiger partial charge is 0.318 e. The number of hydrogen-bond donors (Lipinski definition) is 2. The Hall–Kier alpha value is -1.95. The number of hydrogen-bond acceptors (Lipinski definition) is 4. The number of aliphatic hydroxyl groups is 1. The Kier molecular flexibility index (Phi) is 3.41. The van der Waals surface area contributed by atoms with Crippen molar-refractivity contribution in [3.63, 3.8) is 0 Å². The van der Waals surface area contributed by atoms with Crippen LogP contribution in [-0.4, -0.2) is 30.6 Å². The van der Waals surface area contributed by atoms with E-state index in [9.17, 15) is 19.1 Å². The van der Waals surface area contributed by atoms with Gasteiger partial charge in [-0.3, -0.25) is 9.59 Å². The van der Waals surface area contributed by atoms with Gasteiger partial charge >= 0.3 is 5.97 Å². The predicted molar refractivity (Wildman–Crippen MR) is 70.9 cm³/mol. The average molecular weight is 293 g/mol. The van der Waals surface area contributed by atoms with E-state index >= 15 is 0 Å². The minimum atomic E-state index is -1.02. The fourth-order valence-electron chi connectivity index (χ4n) is 3.22. The normalized spacial score (nSPS) is 27.4. The number of aryl methyl sites for hydroxylation is 1. The van der Waals surface area contributed by atoms with Crippen molar-refractivity contribution in [3.05, 3.63) is 34.6 Å². The molecule has 1 fully saturated rings. The summed E-state index contributed by atoms with van der Waals surface area (Å²) in [5.41, 5.74) is 1.81. The molecular formula is C15H16FNO4. The van der Waals surface area contributed by atoms with Crippen LogP contribution < -0.4 is 5.32 Å². The number of carbonyl (C=O) groups is 2. The molecule has 1 aliphatic carbocycles. The monoisotopic (exact) mass is 293 g/mol. The molecule has 1 aromatic carbocycles. The van der Waals surface area contributed by atoms with Gasteiger partial charge < -0.3 is 15.2 Å². The molecular weight excluding hydrogens is 277 g/mol. The number of fused-ring (bicyclic) bond motifs is 1. The third kappa shape index (κ3) is 2.19. The van der Waals surface area contributed by atoms with Gasteiger partial charge in [-0.15, -0.1) is 0 Å². The third-order valence-corrected chi connectivity index (χ3v) is 4.34. The summed E-state index contributed by atoms with van der Waals surface area (Å²) in [5.74, 6) is -3.19. The maximum atomic E-state index is 14.3. The van der Waals surface area contributed by atoms with Crippen molar-refractivity contribution < 1.29 is 23.8 Å². The zero-order chi connectivity index (χ0) is 15.1. The molecule has 0 aromatic heterocycles. The highest BCUT2D eigenvalue weighted by molar-refractivity contribution is 6.00. The molecule has 112 valence electrons. The van der Waals surface area contributed by atoms with Gasteiger partial charge in [-0.25, -0.2) is 4.39 Å². The number of benzene rings is 1. The van der Waals surface area contributed by atoms with Crippen molar-refractivity contribution in [2.24, 2.45) is 5.92 Å². The van der Waals surface area contributed by atoms with Crippen molar-refractivity contribution in [1.82, 2.24) is 5.32 Å². The number of carbonyl (C=O) groups excluding carboxylic acids is 2. The van der Waals surface area contributed by atoms with Crippen LogP contribution in [0, 0.1) is 11.7 Å². The highest BCUT2D eigenvalue weighted by Gasteiger charge is 2.43. The first-order valence-corrected chi connectivity index (χ1v) is 6.88. The number of esters is 1. The standard InChI is InChI=1S/C15H16FNO4/c1-21-15(20)13-10(6-17-14(13)19)9-4-7-2-3-12(18)8(7)5-11(9)16/h4-5,10,12-13,18H,2-3,6H2,1H3,(H,17,19)/t10-,12?,13-/m1/s1. The van der Waals surface area contributed by atoms with Crippen LogP contribution in [0.1, 0.15) is 35.1 Å². The van der Waals surface area contributed by atoms with E-state index in [4.69, 9.17) is 0 Å². The molecule has 0 bridgehead atoms. The number of rotatable bonds is 2. The van der Waals surface area contributed by atoms with Gasteiger partial charge in [-0.05, 0) is 35.6 Å². The van der Waals surface area contributed by atoms with Gasteiger partial charge in [-0.2, -0.15) is 0 Å². The Bertz CT molecular complexity index is 616. The minimum absolute atomic E-state index is 0.205. The highest BCUT2D eigenvalue weighted by Crippen LogP contribution is 2.38. The maximum absolute atomic E-state index is 14.3. The van der Waals surface area contributed by atoms with Gasteiger partial charge in [0.15, 0.2) is 0 Å². The zero-order valence-corrected chi connectivity index (χ0v) is 11.6. The Morgan fingerprint density at radius 1 is 1.43 bits per heavy atom. The Morgan fingerprint density at radius 2 is 2.19 bits per heavy atom. The number of amides is 1. The molecule has 1 amide bonds.